The van der Waals surface area contributed by atoms with E-state index in [0.29, 0.717) is 54.0 Å². The molecule has 3 heterocycles. The van der Waals surface area contributed by atoms with Gasteiger partial charge in [0.15, 0.2) is 5.69 Å². The van der Waals surface area contributed by atoms with Gasteiger partial charge in [-0.15, -0.1) is 0 Å². The van der Waals surface area contributed by atoms with E-state index in [9.17, 15) is 9.59 Å². The van der Waals surface area contributed by atoms with Crippen molar-refractivity contribution in [3.63, 3.8) is 0 Å². The molecule has 3 aromatic carbocycles. The predicted molar refractivity (Wildman–Crippen MR) is 166 cm³/mol. The highest BCUT2D eigenvalue weighted by Gasteiger charge is 2.36. The Morgan fingerprint density at radius 2 is 1.53 bits per heavy atom. The molecular weight excluding hydrogens is 542 g/mol. The number of primary amides is 1. The van der Waals surface area contributed by atoms with Crippen molar-refractivity contribution in [2.75, 3.05) is 32.2 Å². The lowest BCUT2D eigenvalue weighted by atomic mass is 9.81. The Balaban J connectivity index is 1.18. The normalized spacial score (nSPS) is 16.6. The van der Waals surface area contributed by atoms with Crippen LogP contribution in [0.5, 0.6) is 17.2 Å². The Morgan fingerprint density at radius 1 is 0.907 bits per heavy atom. The van der Waals surface area contributed by atoms with Crippen molar-refractivity contribution >= 4 is 17.4 Å². The fourth-order valence-electron chi connectivity index (χ4n) is 6.10. The summed E-state index contributed by atoms with van der Waals surface area (Å²) in [6.07, 6.45) is 2.59. The molecule has 3 N–H and O–H groups in total. The number of carbonyl (C=O) groups is 2. The number of hydrogen-bond donors (Lipinski definition) is 2. The van der Waals surface area contributed by atoms with Gasteiger partial charge in [0.25, 0.3) is 11.8 Å². The van der Waals surface area contributed by atoms with Gasteiger partial charge in [-0.2, -0.15) is 0 Å². The van der Waals surface area contributed by atoms with Crippen LogP contribution in [0.3, 0.4) is 0 Å². The summed E-state index contributed by atoms with van der Waals surface area (Å²) in [7, 11) is 1.62. The number of carbonyl (C=O) groups excluding carboxylic acids is 2. The van der Waals surface area contributed by atoms with Crippen LogP contribution in [0.25, 0.3) is 16.8 Å². The predicted octanol–water partition coefficient (Wildman–Crippen LogP) is 5.43. The minimum Gasteiger partial charge on any atom is -0.497 e. The van der Waals surface area contributed by atoms with E-state index < -0.39 is 5.91 Å². The Hall–Kier alpha value is -5.05. The van der Waals surface area contributed by atoms with Crippen molar-refractivity contribution in [1.29, 1.82) is 0 Å². The molecule has 9 heteroatoms. The number of fused-ring (bicyclic) bond motifs is 1. The molecule has 1 fully saturated rings. The first-order chi connectivity index (χ1) is 20.9. The molecule has 6 rings (SSSR count). The molecule has 1 unspecified atom stereocenters. The van der Waals surface area contributed by atoms with Gasteiger partial charge in [-0.05, 0) is 79.3 Å². The Labute approximate surface area is 250 Å². The highest BCUT2D eigenvalue weighted by atomic mass is 16.5. The molecule has 2 amide bonds. The lowest BCUT2D eigenvalue weighted by Gasteiger charge is -2.38. The lowest BCUT2D eigenvalue weighted by molar-refractivity contribution is -0.126. The Morgan fingerprint density at radius 3 is 2.16 bits per heavy atom. The number of methoxy groups -OCH3 is 1. The first kappa shape index (κ1) is 28.1. The van der Waals surface area contributed by atoms with Crippen LogP contribution in [0, 0.1) is 5.92 Å². The van der Waals surface area contributed by atoms with Gasteiger partial charge in [0.05, 0.1) is 7.11 Å². The smallest absolute Gasteiger partial charge is 0.269 e. The van der Waals surface area contributed by atoms with Gasteiger partial charge in [-0.1, -0.05) is 36.9 Å². The topological polar surface area (TPSA) is 112 Å². The first-order valence-electron chi connectivity index (χ1n) is 14.5. The highest BCUT2D eigenvalue weighted by molar-refractivity contribution is 6.18. The molecule has 0 spiro atoms. The lowest BCUT2D eigenvalue weighted by Crippen LogP contribution is -2.42. The summed E-state index contributed by atoms with van der Waals surface area (Å²) >= 11 is 0. The van der Waals surface area contributed by atoms with Crippen LogP contribution in [-0.2, 0) is 4.79 Å². The SMILES string of the molecule is C=C(C(=O)N1CCC(C2CCNn3c2nc(-c2ccc(Oc4ccc(OC)cc4)cc2)c3C(N)=O)CC1)c1ccccc1. The molecule has 220 valence electrons. The van der Waals surface area contributed by atoms with E-state index in [2.05, 4.69) is 12.0 Å². The summed E-state index contributed by atoms with van der Waals surface area (Å²) in [5.74, 6) is 2.82. The van der Waals surface area contributed by atoms with Crippen LogP contribution in [0.2, 0.25) is 0 Å². The number of piperidine rings is 1. The molecule has 0 bridgehead atoms. The van der Waals surface area contributed by atoms with Gasteiger partial charge >= 0.3 is 0 Å². The van der Waals surface area contributed by atoms with E-state index in [1.54, 1.807) is 11.8 Å². The van der Waals surface area contributed by atoms with Gasteiger partial charge in [0.2, 0.25) is 0 Å². The molecule has 0 aliphatic carbocycles. The van der Waals surface area contributed by atoms with Crippen molar-refractivity contribution in [2.24, 2.45) is 11.7 Å². The van der Waals surface area contributed by atoms with Crippen molar-refractivity contribution in [2.45, 2.75) is 25.2 Å². The molecule has 2 aliphatic heterocycles. The van der Waals surface area contributed by atoms with Gasteiger partial charge in [-0.3, -0.25) is 9.59 Å². The summed E-state index contributed by atoms with van der Waals surface area (Å²) in [5, 5.41) is 0. The zero-order chi connectivity index (χ0) is 29.9. The maximum atomic E-state index is 13.1. The molecule has 0 saturated carbocycles. The van der Waals surface area contributed by atoms with Crippen LogP contribution in [0.15, 0.2) is 85.4 Å². The maximum absolute atomic E-state index is 13.1. The summed E-state index contributed by atoms with van der Waals surface area (Å²) in [6, 6.07) is 24.4. The van der Waals surface area contributed by atoms with Crippen molar-refractivity contribution in [3.8, 4) is 28.5 Å². The van der Waals surface area contributed by atoms with Crippen LogP contribution in [-0.4, -0.2) is 53.1 Å². The molecule has 1 atom stereocenters. The number of ether oxygens (including phenoxy) is 2. The number of amides is 2. The number of nitrogens with zero attached hydrogens (tertiary/aromatic N) is 3. The van der Waals surface area contributed by atoms with E-state index >= 15 is 0 Å². The Kier molecular flexibility index (Phi) is 7.87. The molecule has 9 nitrogen and oxygen atoms in total. The standard InChI is InChI=1S/C34H35N5O4/c1-22(23-6-4-3-5-7-23)34(41)38-20-17-24(18-21-38)29-16-19-36-39-31(32(35)40)30(37-33(29)39)25-8-10-27(11-9-25)43-28-14-12-26(42-2)13-15-28/h3-15,24,29,36H,1,16-21H2,2H3,(H2,35,40). The number of likely N-dealkylation sites (tertiary alicyclic amines) is 1. The first-order valence-corrected chi connectivity index (χ1v) is 14.5. The average Bonchev–Trinajstić information content (AvgIpc) is 3.46. The average molecular weight is 578 g/mol. The second-order valence-corrected chi connectivity index (χ2v) is 10.9. The van der Waals surface area contributed by atoms with Crippen molar-refractivity contribution < 1.29 is 19.1 Å². The molecule has 1 aromatic heterocycles. The molecule has 0 radical (unpaired) electrons. The second kappa shape index (κ2) is 12.1. The second-order valence-electron chi connectivity index (χ2n) is 10.9. The Bertz CT molecular complexity index is 1620. The quantitative estimate of drug-likeness (QED) is 0.270. The highest BCUT2D eigenvalue weighted by Crippen LogP contribution is 2.39. The van der Waals surface area contributed by atoms with Crippen LogP contribution >= 0.6 is 0 Å². The zero-order valence-corrected chi connectivity index (χ0v) is 24.2. The summed E-state index contributed by atoms with van der Waals surface area (Å²) in [6.45, 7) is 6.08. The molecule has 1 saturated heterocycles. The third kappa shape index (κ3) is 5.70. The summed E-state index contributed by atoms with van der Waals surface area (Å²) in [5.41, 5.74) is 12.3. The third-order valence-corrected chi connectivity index (χ3v) is 8.39. The zero-order valence-electron chi connectivity index (χ0n) is 24.2. The number of benzene rings is 3. The van der Waals surface area contributed by atoms with Gasteiger partial charge < -0.3 is 25.5 Å². The van der Waals surface area contributed by atoms with Crippen LogP contribution < -0.4 is 20.6 Å². The number of rotatable bonds is 8. The monoisotopic (exact) mass is 577 g/mol. The van der Waals surface area contributed by atoms with Gasteiger partial charge in [-0.25, -0.2) is 9.66 Å². The van der Waals surface area contributed by atoms with E-state index in [0.717, 1.165) is 42.0 Å². The number of nitrogens with one attached hydrogen (secondary N) is 1. The van der Waals surface area contributed by atoms with Crippen LogP contribution in [0.1, 0.15) is 47.1 Å². The van der Waals surface area contributed by atoms with E-state index in [4.69, 9.17) is 20.2 Å². The number of imidazole rings is 1. The number of nitrogens with two attached hydrogens (primary N) is 1. The fourth-order valence-corrected chi connectivity index (χ4v) is 6.10. The third-order valence-electron chi connectivity index (χ3n) is 8.39. The largest absolute Gasteiger partial charge is 0.497 e. The summed E-state index contributed by atoms with van der Waals surface area (Å²) in [4.78, 5) is 32.8. The number of aromatic nitrogens is 2. The van der Waals surface area contributed by atoms with Crippen molar-refractivity contribution in [1.82, 2.24) is 14.6 Å². The molecule has 4 aromatic rings. The van der Waals surface area contributed by atoms with Gasteiger partial charge in [0, 0.05) is 36.7 Å². The van der Waals surface area contributed by atoms with E-state index in [1.807, 2.05) is 83.8 Å². The van der Waals surface area contributed by atoms with Crippen LogP contribution in [0.4, 0.5) is 0 Å². The van der Waals surface area contributed by atoms with E-state index in [-0.39, 0.29) is 11.8 Å². The van der Waals surface area contributed by atoms with Crippen molar-refractivity contribution in [3.05, 3.63) is 103 Å². The molecule has 43 heavy (non-hydrogen) atoms. The van der Waals surface area contributed by atoms with Gasteiger partial charge in [0.1, 0.15) is 28.8 Å². The molecular formula is C34H35N5O4. The minimum absolute atomic E-state index is 0.0193. The number of hydrogen-bond acceptors (Lipinski definition) is 6. The van der Waals surface area contributed by atoms with E-state index in [1.165, 1.54) is 0 Å². The summed E-state index contributed by atoms with van der Waals surface area (Å²) < 4.78 is 13.0. The molecule has 2 aliphatic rings. The fraction of sp³-hybridized carbons (Fsp3) is 0.265. The maximum Gasteiger partial charge on any atom is 0.269 e. The minimum atomic E-state index is -0.541.